The van der Waals surface area contributed by atoms with E-state index in [-0.39, 0.29) is 22.8 Å². The summed E-state index contributed by atoms with van der Waals surface area (Å²) in [5, 5.41) is 8.48. The van der Waals surface area contributed by atoms with Gasteiger partial charge < -0.3 is 16.0 Å². The van der Waals surface area contributed by atoms with Crippen LogP contribution in [0.25, 0.3) is 0 Å². The Morgan fingerprint density at radius 3 is 2.52 bits per heavy atom. The van der Waals surface area contributed by atoms with E-state index >= 15 is 0 Å². The van der Waals surface area contributed by atoms with E-state index in [0.717, 1.165) is 6.42 Å². The smallest absolute Gasteiger partial charge is 0.253 e. The average Bonchev–Trinajstić information content (AvgIpc) is 2.45. The van der Waals surface area contributed by atoms with E-state index in [4.69, 9.17) is 12.2 Å². The molecule has 0 aliphatic heterocycles. The van der Waals surface area contributed by atoms with Gasteiger partial charge in [-0.3, -0.25) is 9.59 Å². The van der Waals surface area contributed by atoms with Crippen molar-refractivity contribution in [1.82, 2.24) is 10.6 Å². The van der Waals surface area contributed by atoms with E-state index in [1.54, 1.807) is 38.1 Å². The summed E-state index contributed by atoms with van der Waals surface area (Å²) in [5.74, 6) is -0.494. The maximum Gasteiger partial charge on any atom is 0.253 e. The summed E-state index contributed by atoms with van der Waals surface area (Å²) in [4.78, 5) is 23.6. The molecule has 0 aliphatic rings. The molecule has 0 saturated heterocycles. The molecule has 21 heavy (non-hydrogen) atoms. The highest BCUT2D eigenvalue weighted by atomic mass is 32.1. The molecule has 5 nitrogen and oxygen atoms in total. The Hall–Kier alpha value is -1.95. The third-order valence-corrected chi connectivity index (χ3v) is 2.92. The van der Waals surface area contributed by atoms with Crippen molar-refractivity contribution in [3.05, 3.63) is 29.8 Å². The average molecular weight is 307 g/mol. The van der Waals surface area contributed by atoms with E-state index in [0.29, 0.717) is 17.8 Å². The van der Waals surface area contributed by atoms with Crippen LogP contribution in [0.15, 0.2) is 24.3 Å². The van der Waals surface area contributed by atoms with Gasteiger partial charge in [0.2, 0.25) is 5.91 Å². The number of benzene rings is 1. The SMILES string of the molecule is CCCNC(=O)c1ccccc1NC(=S)NC(=O)C(C)C. The Morgan fingerprint density at radius 1 is 1.24 bits per heavy atom. The molecule has 0 heterocycles. The van der Waals surface area contributed by atoms with Crippen LogP contribution < -0.4 is 16.0 Å². The van der Waals surface area contributed by atoms with Gasteiger partial charge in [0.15, 0.2) is 5.11 Å². The molecular formula is C15H21N3O2S. The van der Waals surface area contributed by atoms with Gasteiger partial charge in [0.05, 0.1) is 11.3 Å². The predicted molar refractivity (Wildman–Crippen MR) is 88.3 cm³/mol. The molecule has 114 valence electrons. The van der Waals surface area contributed by atoms with E-state index in [1.807, 2.05) is 6.92 Å². The third-order valence-electron chi connectivity index (χ3n) is 2.72. The van der Waals surface area contributed by atoms with Gasteiger partial charge in [0, 0.05) is 12.5 Å². The summed E-state index contributed by atoms with van der Waals surface area (Å²) in [6.45, 7) is 6.16. The summed E-state index contributed by atoms with van der Waals surface area (Å²) in [6, 6.07) is 7.03. The summed E-state index contributed by atoms with van der Waals surface area (Å²) >= 11 is 5.09. The van der Waals surface area contributed by atoms with Crippen molar-refractivity contribution in [3.63, 3.8) is 0 Å². The molecule has 0 saturated carbocycles. The van der Waals surface area contributed by atoms with Gasteiger partial charge in [-0.1, -0.05) is 32.9 Å². The van der Waals surface area contributed by atoms with Gasteiger partial charge in [-0.2, -0.15) is 0 Å². The first-order valence-corrected chi connectivity index (χ1v) is 7.35. The highest BCUT2D eigenvalue weighted by Crippen LogP contribution is 2.14. The van der Waals surface area contributed by atoms with Crippen molar-refractivity contribution in [2.75, 3.05) is 11.9 Å². The maximum absolute atomic E-state index is 12.1. The van der Waals surface area contributed by atoms with Gasteiger partial charge in [-0.05, 0) is 30.8 Å². The minimum Gasteiger partial charge on any atom is -0.352 e. The molecule has 6 heteroatoms. The summed E-state index contributed by atoms with van der Waals surface area (Å²) in [5.41, 5.74) is 1.06. The predicted octanol–water partition coefficient (Wildman–Crippen LogP) is 2.30. The summed E-state index contributed by atoms with van der Waals surface area (Å²) in [6.07, 6.45) is 0.865. The van der Waals surface area contributed by atoms with Crippen LogP contribution in [0.3, 0.4) is 0 Å². The molecule has 0 aliphatic carbocycles. The van der Waals surface area contributed by atoms with E-state index < -0.39 is 0 Å². The number of hydrogen-bond donors (Lipinski definition) is 3. The monoisotopic (exact) mass is 307 g/mol. The van der Waals surface area contributed by atoms with Gasteiger partial charge >= 0.3 is 0 Å². The van der Waals surface area contributed by atoms with E-state index in [2.05, 4.69) is 16.0 Å². The molecule has 0 unspecified atom stereocenters. The van der Waals surface area contributed by atoms with Gasteiger partial charge in [-0.25, -0.2) is 0 Å². The highest BCUT2D eigenvalue weighted by Gasteiger charge is 2.13. The van der Waals surface area contributed by atoms with Crippen LogP contribution in [-0.2, 0) is 4.79 Å². The Kier molecular flexibility index (Phi) is 6.81. The van der Waals surface area contributed by atoms with E-state index in [9.17, 15) is 9.59 Å². The maximum atomic E-state index is 12.1. The molecule has 2 amide bonds. The number of anilines is 1. The Balaban J connectivity index is 2.77. The van der Waals surface area contributed by atoms with Crippen molar-refractivity contribution < 1.29 is 9.59 Å². The summed E-state index contributed by atoms with van der Waals surface area (Å²) < 4.78 is 0. The number of thiocarbonyl (C=S) groups is 1. The highest BCUT2D eigenvalue weighted by molar-refractivity contribution is 7.80. The number of hydrogen-bond acceptors (Lipinski definition) is 3. The minimum atomic E-state index is -0.169. The molecule has 3 N–H and O–H groups in total. The second-order valence-electron chi connectivity index (χ2n) is 4.90. The fourth-order valence-corrected chi connectivity index (χ4v) is 1.74. The molecule has 0 aromatic heterocycles. The van der Waals surface area contributed by atoms with Crippen LogP contribution in [0.5, 0.6) is 0 Å². The fourth-order valence-electron chi connectivity index (χ4n) is 1.53. The number of rotatable bonds is 5. The first-order valence-electron chi connectivity index (χ1n) is 6.94. The zero-order valence-corrected chi connectivity index (χ0v) is 13.3. The first kappa shape index (κ1) is 17.1. The Bertz CT molecular complexity index is 529. The Morgan fingerprint density at radius 2 is 1.90 bits per heavy atom. The quantitative estimate of drug-likeness (QED) is 0.730. The second-order valence-corrected chi connectivity index (χ2v) is 5.31. The molecule has 0 radical (unpaired) electrons. The van der Waals surface area contributed by atoms with Crippen LogP contribution in [0, 0.1) is 5.92 Å². The number of amides is 2. The van der Waals surface area contributed by atoms with Crippen LogP contribution in [-0.4, -0.2) is 23.5 Å². The topological polar surface area (TPSA) is 70.2 Å². The van der Waals surface area contributed by atoms with Gasteiger partial charge in [0.25, 0.3) is 5.91 Å². The zero-order chi connectivity index (χ0) is 15.8. The number of nitrogens with one attached hydrogen (secondary N) is 3. The molecule has 0 spiro atoms. The minimum absolute atomic E-state index is 0.159. The third kappa shape index (κ3) is 5.51. The molecular weight excluding hydrogens is 286 g/mol. The van der Waals surface area contributed by atoms with Crippen LogP contribution in [0.4, 0.5) is 5.69 Å². The Labute approximate surface area is 130 Å². The lowest BCUT2D eigenvalue weighted by Crippen LogP contribution is -2.37. The molecule has 1 aromatic rings. The fraction of sp³-hybridized carbons (Fsp3) is 0.400. The van der Waals surface area contributed by atoms with Crippen LogP contribution in [0.2, 0.25) is 0 Å². The lowest BCUT2D eigenvalue weighted by atomic mass is 10.1. The largest absolute Gasteiger partial charge is 0.352 e. The lowest BCUT2D eigenvalue weighted by molar-refractivity contribution is -0.122. The molecule has 0 atom stereocenters. The van der Waals surface area contributed by atoms with E-state index in [1.165, 1.54) is 0 Å². The molecule has 1 aromatic carbocycles. The standard InChI is InChI=1S/C15H21N3O2S/c1-4-9-16-14(20)11-7-5-6-8-12(11)17-15(21)18-13(19)10(2)3/h5-8,10H,4,9H2,1-3H3,(H,16,20)(H2,17,18,19,21). The van der Waals surface area contributed by atoms with Crippen LogP contribution in [0.1, 0.15) is 37.6 Å². The molecule has 0 fully saturated rings. The van der Waals surface area contributed by atoms with Crippen molar-refractivity contribution in [2.45, 2.75) is 27.2 Å². The first-order chi connectivity index (χ1) is 9.95. The number of carbonyl (C=O) groups is 2. The van der Waals surface area contributed by atoms with Crippen molar-refractivity contribution in [3.8, 4) is 0 Å². The van der Waals surface area contributed by atoms with Gasteiger partial charge in [-0.15, -0.1) is 0 Å². The van der Waals surface area contributed by atoms with Crippen molar-refractivity contribution in [1.29, 1.82) is 0 Å². The number of para-hydroxylation sites is 1. The second kappa shape index (κ2) is 8.36. The number of carbonyl (C=O) groups excluding carboxylic acids is 2. The van der Waals surface area contributed by atoms with Crippen molar-refractivity contribution in [2.24, 2.45) is 5.92 Å². The normalized spacial score (nSPS) is 10.1. The van der Waals surface area contributed by atoms with Gasteiger partial charge in [0.1, 0.15) is 0 Å². The molecule has 1 rings (SSSR count). The summed E-state index contributed by atoms with van der Waals surface area (Å²) in [7, 11) is 0. The lowest BCUT2D eigenvalue weighted by Gasteiger charge is -2.14. The zero-order valence-electron chi connectivity index (χ0n) is 12.5. The van der Waals surface area contributed by atoms with Crippen LogP contribution >= 0.6 is 12.2 Å². The van der Waals surface area contributed by atoms with Crippen molar-refractivity contribution >= 4 is 34.8 Å². The molecule has 0 bridgehead atoms.